The molecule has 1 N–H and O–H groups in total. The van der Waals surface area contributed by atoms with Crippen molar-refractivity contribution in [3.05, 3.63) is 85.3 Å². The van der Waals surface area contributed by atoms with Gasteiger partial charge < -0.3 is 24.3 Å². The summed E-state index contributed by atoms with van der Waals surface area (Å²) in [7, 11) is 0. The van der Waals surface area contributed by atoms with Gasteiger partial charge in [0.05, 0.1) is 53.8 Å². The highest BCUT2D eigenvalue weighted by Gasteiger charge is 2.46. The third-order valence-corrected chi connectivity index (χ3v) is 9.61. The Morgan fingerprint density at radius 2 is 1.84 bits per heavy atom. The minimum atomic E-state index is -4.61. The molecule has 0 radical (unpaired) electrons. The van der Waals surface area contributed by atoms with Gasteiger partial charge in [0.25, 0.3) is 5.56 Å². The maximum absolute atomic E-state index is 14.3. The first-order valence-corrected chi connectivity index (χ1v) is 16.5. The number of alkyl halides is 3. The number of rotatable bonds is 6. The number of ether oxygens (including phenoxy) is 2. The standard InChI is InChI=1S/C32H29Cl2F3N8O5/c33-21-15-19(32(35,36)37)1-3-22(21)38-25(46)17-44-23-7-14-50-31(8-10-43(11-9-31)26(47)16-20-2-4-24(34)41-40-20)27(23)29(48)45-30(44)39-28(42-45)18-5-12-49-13-6-18/h1-5,15H,6-14,16-17H2,(H,38,46). The monoisotopic (exact) mass is 732 g/mol. The van der Waals surface area contributed by atoms with Crippen LogP contribution < -0.4 is 10.9 Å². The Morgan fingerprint density at radius 3 is 2.52 bits per heavy atom. The van der Waals surface area contributed by atoms with Gasteiger partial charge in [0.1, 0.15) is 12.1 Å². The molecule has 6 heterocycles. The van der Waals surface area contributed by atoms with Crippen molar-refractivity contribution in [2.75, 3.05) is 38.2 Å². The number of fused-ring (bicyclic) bond motifs is 3. The summed E-state index contributed by atoms with van der Waals surface area (Å²) in [6, 6.07) is 5.85. The fourth-order valence-electron chi connectivity index (χ4n) is 6.61. The fourth-order valence-corrected chi connectivity index (χ4v) is 6.94. The lowest BCUT2D eigenvalue weighted by atomic mass is 9.81. The second-order valence-electron chi connectivity index (χ2n) is 12.2. The van der Waals surface area contributed by atoms with Crippen LogP contribution in [0.25, 0.3) is 11.4 Å². The number of carbonyl (C=O) groups is 2. The van der Waals surface area contributed by atoms with E-state index in [0.29, 0.717) is 68.3 Å². The zero-order valence-electron chi connectivity index (χ0n) is 26.3. The molecule has 2 amide bonds. The summed E-state index contributed by atoms with van der Waals surface area (Å²) in [4.78, 5) is 47.4. The van der Waals surface area contributed by atoms with Gasteiger partial charge in [0.15, 0.2) is 11.0 Å². The highest BCUT2D eigenvalue weighted by atomic mass is 35.5. The van der Waals surface area contributed by atoms with Gasteiger partial charge in [0, 0.05) is 25.2 Å². The van der Waals surface area contributed by atoms with Gasteiger partial charge in [-0.1, -0.05) is 29.3 Å². The molecule has 262 valence electrons. The number of nitrogens with one attached hydrogen (secondary N) is 1. The molecule has 18 heteroatoms. The van der Waals surface area contributed by atoms with Crippen molar-refractivity contribution in [2.24, 2.45) is 0 Å². The number of hydrogen-bond acceptors (Lipinski definition) is 9. The Bertz CT molecular complexity index is 2070. The van der Waals surface area contributed by atoms with Crippen LogP contribution in [0.4, 0.5) is 18.9 Å². The van der Waals surface area contributed by atoms with E-state index in [2.05, 4.69) is 25.6 Å². The van der Waals surface area contributed by atoms with E-state index in [1.165, 1.54) is 0 Å². The Balaban J connectivity index is 1.22. The second kappa shape index (κ2) is 13.4. The maximum atomic E-state index is 14.3. The summed E-state index contributed by atoms with van der Waals surface area (Å²) < 4.78 is 54.2. The molecule has 0 aliphatic carbocycles. The highest BCUT2D eigenvalue weighted by molar-refractivity contribution is 6.33. The van der Waals surface area contributed by atoms with Gasteiger partial charge >= 0.3 is 6.18 Å². The molecule has 1 spiro atoms. The molecule has 3 aromatic heterocycles. The normalized spacial score (nSPS) is 17.5. The smallest absolute Gasteiger partial charge is 0.377 e. The van der Waals surface area contributed by atoms with Crippen LogP contribution in [0.5, 0.6) is 0 Å². The third kappa shape index (κ3) is 6.59. The van der Waals surface area contributed by atoms with Crippen LogP contribution in [-0.4, -0.2) is 79.0 Å². The molecular weight excluding hydrogens is 704 g/mol. The van der Waals surface area contributed by atoms with E-state index in [1.807, 2.05) is 6.08 Å². The van der Waals surface area contributed by atoms with Gasteiger partial charge in [-0.25, -0.2) is 0 Å². The van der Waals surface area contributed by atoms with Crippen molar-refractivity contribution < 1.29 is 32.2 Å². The highest BCUT2D eigenvalue weighted by Crippen LogP contribution is 2.40. The number of aromatic nitrogens is 6. The molecule has 0 unspecified atom stereocenters. The molecule has 1 fully saturated rings. The zero-order chi connectivity index (χ0) is 35.2. The minimum Gasteiger partial charge on any atom is -0.377 e. The molecule has 1 aromatic carbocycles. The number of carbonyl (C=O) groups excluding carboxylic acids is 2. The predicted molar refractivity (Wildman–Crippen MR) is 174 cm³/mol. The fraction of sp³-hybridized carbons (Fsp3) is 0.406. The lowest BCUT2D eigenvalue weighted by molar-refractivity contribution is -0.140. The molecule has 50 heavy (non-hydrogen) atoms. The molecule has 0 atom stereocenters. The number of anilines is 1. The predicted octanol–water partition coefficient (Wildman–Crippen LogP) is 4.08. The van der Waals surface area contributed by atoms with Crippen LogP contribution >= 0.6 is 23.2 Å². The van der Waals surface area contributed by atoms with Crippen LogP contribution in [-0.2, 0) is 50.2 Å². The minimum absolute atomic E-state index is 0.00783. The Kier molecular flexibility index (Phi) is 9.13. The molecule has 7 rings (SSSR count). The Hall–Kier alpha value is -4.38. The van der Waals surface area contributed by atoms with Crippen molar-refractivity contribution >= 4 is 52.1 Å². The van der Waals surface area contributed by atoms with E-state index in [4.69, 9.17) is 32.7 Å². The van der Waals surface area contributed by atoms with Gasteiger partial charge in [0.2, 0.25) is 17.6 Å². The van der Waals surface area contributed by atoms with E-state index < -0.39 is 28.8 Å². The van der Waals surface area contributed by atoms with Crippen LogP contribution in [0, 0.1) is 0 Å². The molecule has 1 saturated heterocycles. The maximum Gasteiger partial charge on any atom is 0.416 e. The summed E-state index contributed by atoms with van der Waals surface area (Å²) in [6.45, 7) is 1.27. The summed E-state index contributed by atoms with van der Waals surface area (Å²) in [5.74, 6) is -0.336. The SMILES string of the molecule is O=C(Cn1c2c(c(=O)n3nc(C4=CCOCC4)nc13)C1(CCN(C(=O)Cc3ccc(Cl)nn3)CC1)OCC2)Nc1ccc(C(F)(F)F)cc1Cl. The number of nitrogens with zero attached hydrogens (tertiary/aromatic N) is 7. The Labute approximate surface area is 292 Å². The average molecular weight is 734 g/mol. The van der Waals surface area contributed by atoms with Gasteiger partial charge in [-0.15, -0.1) is 10.2 Å². The largest absolute Gasteiger partial charge is 0.416 e. The topological polar surface area (TPSA) is 146 Å². The number of amides is 2. The molecular formula is C32H29Cl2F3N8O5. The number of halogens is 5. The van der Waals surface area contributed by atoms with Crippen molar-refractivity contribution in [3.8, 4) is 0 Å². The van der Waals surface area contributed by atoms with Crippen LogP contribution in [0.2, 0.25) is 10.2 Å². The number of hydrogen-bond donors (Lipinski definition) is 1. The average Bonchev–Trinajstić information content (AvgIpc) is 3.55. The second-order valence-corrected chi connectivity index (χ2v) is 12.9. The van der Waals surface area contributed by atoms with Crippen molar-refractivity contribution in [2.45, 2.75) is 50.4 Å². The van der Waals surface area contributed by atoms with Crippen LogP contribution in [0.15, 0.2) is 41.2 Å². The summed E-state index contributed by atoms with van der Waals surface area (Å²) >= 11 is 11.9. The lowest BCUT2D eigenvalue weighted by Gasteiger charge is -2.44. The van der Waals surface area contributed by atoms with E-state index >= 15 is 0 Å². The third-order valence-electron chi connectivity index (χ3n) is 9.09. The number of likely N-dealkylation sites (tertiary alicyclic amines) is 1. The van der Waals surface area contributed by atoms with Gasteiger partial charge in [-0.2, -0.15) is 27.8 Å². The lowest BCUT2D eigenvalue weighted by Crippen LogP contribution is -2.52. The summed E-state index contributed by atoms with van der Waals surface area (Å²) in [5, 5.41) is 14.9. The van der Waals surface area contributed by atoms with Gasteiger partial charge in [-0.3, -0.25) is 14.4 Å². The summed E-state index contributed by atoms with van der Waals surface area (Å²) in [5.41, 5.74) is -0.370. The zero-order valence-corrected chi connectivity index (χ0v) is 27.8. The molecule has 13 nitrogen and oxygen atoms in total. The number of benzene rings is 1. The first-order valence-electron chi connectivity index (χ1n) is 15.8. The quantitative estimate of drug-likeness (QED) is 0.310. The molecule has 0 bridgehead atoms. The van der Waals surface area contributed by atoms with Crippen molar-refractivity contribution in [3.63, 3.8) is 0 Å². The van der Waals surface area contributed by atoms with Crippen LogP contribution in [0.1, 0.15) is 47.6 Å². The van der Waals surface area contributed by atoms with Crippen molar-refractivity contribution in [1.29, 1.82) is 0 Å². The van der Waals surface area contributed by atoms with E-state index in [0.717, 1.165) is 28.3 Å². The van der Waals surface area contributed by atoms with Gasteiger partial charge in [-0.05, 0) is 55.2 Å². The first-order chi connectivity index (χ1) is 23.9. The Morgan fingerprint density at radius 1 is 1.04 bits per heavy atom. The molecule has 0 saturated carbocycles. The molecule has 4 aromatic rings. The van der Waals surface area contributed by atoms with E-state index in [9.17, 15) is 27.6 Å². The first kappa shape index (κ1) is 34.1. The van der Waals surface area contributed by atoms with E-state index in [-0.39, 0.29) is 53.5 Å². The summed E-state index contributed by atoms with van der Waals surface area (Å²) in [6.07, 6.45) is -1.34. The number of piperidine rings is 1. The molecule has 3 aliphatic rings. The van der Waals surface area contributed by atoms with E-state index in [1.54, 1.807) is 21.6 Å². The van der Waals surface area contributed by atoms with Crippen LogP contribution in [0.3, 0.4) is 0 Å². The van der Waals surface area contributed by atoms with Crippen molar-refractivity contribution in [1.82, 2.24) is 34.3 Å². The molecule has 3 aliphatic heterocycles.